The lowest BCUT2D eigenvalue weighted by Crippen LogP contribution is -2.41. The Morgan fingerprint density at radius 2 is 2.00 bits per heavy atom. The molecule has 1 aromatic carbocycles. The van der Waals surface area contributed by atoms with Crippen LogP contribution >= 0.6 is 0 Å². The number of benzene rings is 1. The van der Waals surface area contributed by atoms with E-state index in [1.165, 1.54) is 18.4 Å². The fourth-order valence-corrected chi connectivity index (χ4v) is 2.86. The van der Waals surface area contributed by atoms with E-state index in [0.717, 1.165) is 36.9 Å². The summed E-state index contributed by atoms with van der Waals surface area (Å²) in [7, 11) is 0. The minimum absolute atomic E-state index is 0.263. The van der Waals surface area contributed by atoms with Crippen molar-refractivity contribution in [3.05, 3.63) is 53.4 Å². The number of aromatic nitrogens is 1. The van der Waals surface area contributed by atoms with Gasteiger partial charge in [0.15, 0.2) is 11.7 Å². The molecule has 0 spiro atoms. The largest absolute Gasteiger partial charge is 0.359 e. The van der Waals surface area contributed by atoms with E-state index in [-0.39, 0.29) is 5.41 Å². The number of hydrogen-bond donors (Lipinski definition) is 2. The molecule has 24 heavy (non-hydrogen) atoms. The lowest BCUT2D eigenvalue weighted by molar-refractivity contribution is 0.379. The highest BCUT2D eigenvalue weighted by Gasteiger charge is 2.43. The lowest BCUT2D eigenvalue weighted by atomic mass is 9.96. The Bertz CT molecular complexity index is 674. The van der Waals surface area contributed by atoms with Crippen LogP contribution in [0, 0.1) is 0 Å². The van der Waals surface area contributed by atoms with Gasteiger partial charge in [0.1, 0.15) is 6.54 Å². The van der Waals surface area contributed by atoms with Crippen LogP contribution in [0.4, 0.5) is 0 Å². The van der Waals surface area contributed by atoms with Gasteiger partial charge in [0.05, 0.1) is 5.69 Å². The summed E-state index contributed by atoms with van der Waals surface area (Å²) >= 11 is 0. The first-order valence-corrected chi connectivity index (χ1v) is 8.78. The van der Waals surface area contributed by atoms with Gasteiger partial charge in [0, 0.05) is 24.6 Å². The van der Waals surface area contributed by atoms with Gasteiger partial charge in [-0.3, -0.25) is 0 Å². The second kappa shape index (κ2) is 7.51. The van der Waals surface area contributed by atoms with E-state index in [4.69, 9.17) is 4.52 Å². The molecule has 0 amide bonds. The molecular formula is C19H26N4O. The van der Waals surface area contributed by atoms with Crippen LogP contribution < -0.4 is 10.6 Å². The lowest BCUT2D eigenvalue weighted by Gasteiger charge is -2.18. The summed E-state index contributed by atoms with van der Waals surface area (Å²) in [5.74, 6) is 1.63. The predicted octanol–water partition coefficient (Wildman–Crippen LogP) is 3.02. The highest BCUT2D eigenvalue weighted by molar-refractivity contribution is 5.79. The Morgan fingerprint density at radius 3 is 2.62 bits per heavy atom. The molecule has 0 aliphatic heterocycles. The highest BCUT2D eigenvalue weighted by atomic mass is 16.5. The Morgan fingerprint density at radius 1 is 1.21 bits per heavy atom. The van der Waals surface area contributed by atoms with E-state index in [1.54, 1.807) is 0 Å². The average molecular weight is 326 g/mol. The van der Waals surface area contributed by atoms with Crippen molar-refractivity contribution in [3.8, 4) is 0 Å². The molecule has 0 bridgehead atoms. The molecule has 0 atom stereocenters. The van der Waals surface area contributed by atoms with Crippen LogP contribution in [0.3, 0.4) is 0 Å². The van der Waals surface area contributed by atoms with E-state index >= 15 is 0 Å². The molecule has 1 saturated carbocycles. The van der Waals surface area contributed by atoms with E-state index < -0.39 is 0 Å². The number of aliphatic imine (C=N–C) groups is 1. The zero-order valence-corrected chi connectivity index (χ0v) is 14.5. The number of rotatable bonds is 7. The molecule has 5 heteroatoms. The third kappa shape index (κ3) is 3.96. The maximum Gasteiger partial charge on any atom is 0.191 e. The number of guanidine groups is 1. The normalized spacial score (nSPS) is 16.0. The van der Waals surface area contributed by atoms with E-state index in [2.05, 4.69) is 65.0 Å². The summed E-state index contributed by atoms with van der Waals surface area (Å²) in [5, 5.41) is 10.8. The zero-order valence-electron chi connectivity index (χ0n) is 14.5. The average Bonchev–Trinajstić information content (AvgIpc) is 3.28. The Labute approximate surface area is 143 Å². The van der Waals surface area contributed by atoms with Crippen molar-refractivity contribution in [1.82, 2.24) is 15.8 Å². The monoisotopic (exact) mass is 326 g/mol. The summed E-state index contributed by atoms with van der Waals surface area (Å²) in [6.07, 6.45) is 3.34. The second-order valence-electron chi connectivity index (χ2n) is 6.33. The van der Waals surface area contributed by atoms with Gasteiger partial charge in [0.2, 0.25) is 0 Å². The van der Waals surface area contributed by atoms with Crippen LogP contribution in [0.1, 0.15) is 43.7 Å². The molecule has 128 valence electrons. The van der Waals surface area contributed by atoms with Gasteiger partial charge in [-0.05, 0) is 31.7 Å². The Kier molecular flexibility index (Phi) is 5.18. The third-order valence-corrected chi connectivity index (χ3v) is 4.54. The standard InChI is InChI=1S/C19H26N4O/c1-3-16-12-17(24-23-16)13-21-18(20-4-2)22-14-19(10-11-19)15-8-6-5-7-9-15/h5-9,12H,3-4,10-11,13-14H2,1-2H3,(H2,20,21,22). The topological polar surface area (TPSA) is 62.5 Å². The van der Waals surface area contributed by atoms with Crippen LogP contribution in [0.25, 0.3) is 0 Å². The summed E-state index contributed by atoms with van der Waals surface area (Å²) in [6.45, 7) is 6.38. The van der Waals surface area contributed by atoms with Crippen LogP contribution in [-0.2, 0) is 18.4 Å². The number of nitrogens with zero attached hydrogens (tertiary/aromatic N) is 2. The fourth-order valence-electron chi connectivity index (χ4n) is 2.86. The zero-order chi connectivity index (χ0) is 16.8. The van der Waals surface area contributed by atoms with Crippen molar-refractivity contribution in [2.75, 3.05) is 13.1 Å². The van der Waals surface area contributed by atoms with Gasteiger partial charge in [-0.2, -0.15) is 0 Å². The van der Waals surface area contributed by atoms with Crippen molar-refractivity contribution >= 4 is 5.96 Å². The van der Waals surface area contributed by atoms with Gasteiger partial charge in [-0.15, -0.1) is 0 Å². The molecule has 0 saturated heterocycles. The molecule has 2 N–H and O–H groups in total. The van der Waals surface area contributed by atoms with Crippen molar-refractivity contribution in [3.63, 3.8) is 0 Å². The summed E-state index contributed by atoms with van der Waals surface area (Å²) < 4.78 is 5.30. The van der Waals surface area contributed by atoms with Crippen molar-refractivity contribution in [1.29, 1.82) is 0 Å². The van der Waals surface area contributed by atoms with Crippen LogP contribution in [0.5, 0.6) is 0 Å². The Hall–Kier alpha value is -2.30. The first-order chi connectivity index (χ1) is 11.8. The van der Waals surface area contributed by atoms with Crippen molar-refractivity contribution < 1.29 is 4.52 Å². The molecule has 1 aliphatic carbocycles. The van der Waals surface area contributed by atoms with E-state index in [0.29, 0.717) is 6.54 Å². The predicted molar refractivity (Wildman–Crippen MR) is 96.1 cm³/mol. The quantitative estimate of drug-likeness (QED) is 0.606. The molecule has 1 aliphatic rings. The molecular weight excluding hydrogens is 300 g/mol. The molecule has 1 fully saturated rings. The Balaban J connectivity index is 1.60. The molecule has 0 radical (unpaired) electrons. The van der Waals surface area contributed by atoms with E-state index in [1.807, 2.05) is 6.07 Å². The van der Waals surface area contributed by atoms with Gasteiger partial charge in [-0.1, -0.05) is 42.4 Å². The SMILES string of the molecule is CCNC(=NCc1cc(CC)no1)NCC1(c2ccccc2)CC1. The summed E-state index contributed by atoms with van der Waals surface area (Å²) in [4.78, 5) is 4.62. The molecule has 0 unspecified atom stereocenters. The first kappa shape index (κ1) is 16.6. The summed E-state index contributed by atoms with van der Waals surface area (Å²) in [6, 6.07) is 12.7. The molecule has 2 aromatic rings. The molecule has 5 nitrogen and oxygen atoms in total. The second-order valence-corrected chi connectivity index (χ2v) is 6.33. The van der Waals surface area contributed by atoms with Gasteiger partial charge in [-0.25, -0.2) is 4.99 Å². The first-order valence-electron chi connectivity index (χ1n) is 8.78. The number of aryl methyl sites for hydroxylation is 1. The highest BCUT2D eigenvalue weighted by Crippen LogP contribution is 2.47. The van der Waals surface area contributed by atoms with Crippen LogP contribution in [0.2, 0.25) is 0 Å². The molecule has 1 heterocycles. The van der Waals surface area contributed by atoms with Gasteiger partial charge in [0.25, 0.3) is 0 Å². The number of hydrogen-bond acceptors (Lipinski definition) is 3. The van der Waals surface area contributed by atoms with Crippen LogP contribution in [-0.4, -0.2) is 24.2 Å². The minimum atomic E-state index is 0.263. The van der Waals surface area contributed by atoms with Gasteiger partial charge >= 0.3 is 0 Å². The molecule has 1 aromatic heterocycles. The van der Waals surface area contributed by atoms with Gasteiger partial charge < -0.3 is 15.2 Å². The maximum atomic E-state index is 5.30. The third-order valence-electron chi connectivity index (χ3n) is 4.54. The molecule has 3 rings (SSSR count). The van der Waals surface area contributed by atoms with Crippen LogP contribution in [0.15, 0.2) is 45.9 Å². The van der Waals surface area contributed by atoms with Crippen molar-refractivity contribution in [2.45, 2.75) is 45.1 Å². The summed E-state index contributed by atoms with van der Waals surface area (Å²) in [5.41, 5.74) is 2.65. The fraction of sp³-hybridized carbons (Fsp3) is 0.474. The smallest absolute Gasteiger partial charge is 0.191 e. The minimum Gasteiger partial charge on any atom is -0.359 e. The maximum absolute atomic E-state index is 5.30. The van der Waals surface area contributed by atoms with Crippen molar-refractivity contribution in [2.24, 2.45) is 4.99 Å². The van der Waals surface area contributed by atoms with E-state index in [9.17, 15) is 0 Å². The number of nitrogens with one attached hydrogen (secondary N) is 2.